The summed E-state index contributed by atoms with van der Waals surface area (Å²) in [6.07, 6.45) is 1.59. The number of rotatable bonds is 2. The third kappa shape index (κ3) is 2.29. The third-order valence-corrected chi connectivity index (χ3v) is 3.23. The minimum atomic E-state index is 0.307. The molecule has 0 aromatic carbocycles. The maximum atomic E-state index is 5.59. The molecule has 84 valence electrons. The van der Waals surface area contributed by atoms with Crippen LogP contribution in [0.3, 0.4) is 0 Å². The van der Waals surface area contributed by atoms with Crippen molar-refractivity contribution in [3.8, 4) is 0 Å². The second-order valence-electron chi connectivity index (χ2n) is 5.71. The van der Waals surface area contributed by atoms with Gasteiger partial charge in [0, 0.05) is 25.7 Å². The van der Waals surface area contributed by atoms with Crippen molar-refractivity contribution in [2.24, 2.45) is 5.41 Å². The standard InChI is InChI=1S/C12H25NO/c1-9(2)13-8-7-10(14-6)11(13)12(3,4)5/h9-11H,7-8H2,1-6H3/t10-,11-/m0/s1. The summed E-state index contributed by atoms with van der Waals surface area (Å²) in [6.45, 7) is 12.7. The van der Waals surface area contributed by atoms with Gasteiger partial charge >= 0.3 is 0 Å². The zero-order valence-corrected chi connectivity index (χ0v) is 10.5. The highest BCUT2D eigenvalue weighted by Crippen LogP contribution is 2.35. The minimum absolute atomic E-state index is 0.307. The summed E-state index contributed by atoms with van der Waals surface area (Å²) in [6, 6.07) is 1.19. The van der Waals surface area contributed by atoms with Crippen molar-refractivity contribution in [1.82, 2.24) is 4.90 Å². The first-order chi connectivity index (χ1) is 6.38. The monoisotopic (exact) mass is 199 g/mol. The molecule has 0 spiro atoms. The molecule has 0 unspecified atom stereocenters. The van der Waals surface area contributed by atoms with Crippen LogP contribution in [0.15, 0.2) is 0 Å². The quantitative estimate of drug-likeness (QED) is 0.677. The SMILES string of the molecule is CO[C@H]1CCN(C(C)C)[C@@H]1C(C)(C)C. The molecule has 1 rings (SSSR count). The summed E-state index contributed by atoms with van der Waals surface area (Å²) < 4.78 is 5.59. The Balaban J connectivity index is 2.81. The Morgan fingerprint density at radius 3 is 2.21 bits per heavy atom. The molecular formula is C12H25NO. The zero-order chi connectivity index (χ0) is 10.9. The topological polar surface area (TPSA) is 12.5 Å². The Hall–Kier alpha value is -0.0800. The highest BCUT2D eigenvalue weighted by molar-refractivity contribution is 4.96. The van der Waals surface area contributed by atoms with Gasteiger partial charge in [0.05, 0.1) is 6.10 Å². The smallest absolute Gasteiger partial charge is 0.0743 e. The van der Waals surface area contributed by atoms with Crippen molar-refractivity contribution in [2.45, 2.75) is 59.2 Å². The molecule has 0 bridgehead atoms. The molecule has 2 nitrogen and oxygen atoms in total. The lowest BCUT2D eigenvalue weighted by atomic mass is 9.83. The van der Waals surface area contributed by atoms with Gasteiger partial charge in [0.2, 0.25) is 0 Å². The second-order valence-corrected chi connectivity index (χ2v) is 5.71. The lowest BCUT2D eigenvalue weighted by Crippen LogP contribution is -2.48. The van der Waals surface area contributed by atoms with E-state index in [-0.39, 0.29) is 0 Å². The molecule has 0 aromatic rings. The molecule has 0 radical (unpaired) electrons. The van der Waals surface area contributed by atoms with Crippen LogP contribution in [0.4, 0.5) is 0 Å². The van der Waals surface area contributed by atoms with Crippen molar-refractivity contribution >= 4 is 0 Å². The molecule has 0 amide bonds. The van der Waals surface area contributed by atoms with Gasteiger partial charge in [0.15, 0.2) is 0 Å². The van der Waals surface area contributed by atoms with Crippen LogP contribution < -0.4 is 0 Å². The number of ether oxygens (including phenoxy) is 1. The van der Waals surface area contributed by atoms with Gasteiger partial charge in [-0.25, -0.2) is 0 Å². The van der Waals surface area contributed by atoms with Gasteiger partial charge in [-0.05, 0) is 25.7 Å². The molecule has 1 aliphatic rings. The van der Waals surface area contributed by atoms with E-state index in [9.17, 15) is 0 Å². The van der Waals surface area contributed by atoms with Crippen molar-refractivity contribution in [3.05, 3.63) is 0 Å². The fourth-order valence-electron chi connectivity index (χ4n) is 2.67. The molecule has 1 fully saturated rings. The number of nitrogens with zero attached hydrogens (tertiary/aromatic N) is 1. The van der Waals surface area contributed by atoms with E-state index in [4.69, 9.17) is 4.74 Å². The van der Waals surface area contributed by atoms with Gasteiger partial charge in [-0.2, -0.15) is 0 Å². The summed E-state index contributed by atoms with van der Waals surface area (Å²) in [5.41, 5.74) is 0.307. The molecule has 0 aromatic heterocycles. The minimum Gasteiger partial charge on any atom is -0.380 e. The number of hydrogen-bond acceptors (Lipinski definition) is 2. The van der Waals surface area contributed by atoms with Crippen LogP contribution in [-0.4, -0.2) is 36.7 Å². The van der Waals surface area contributed by atoms with Crippen LogP contribution >= 0.6 is 0 Å². The number of likely N-dealkylation sites (tertiary alicyclic amines) is 1. The molecule has 14 heavy (non-hydrogen) atoms. The molecule has 1 aliphatic heterocycles. The first kappa shape index (κ1) is 12.0. The van der Waals surface area contributed by atoms with Crippen LogP contribution in [0.5, 0.6) is 0 Å². The lowest BCUT2D eigenvalue weighted by molar-refractivity contribution is 0.00573. The van der Waals surface area contributed by atoms with E-state index in [2.05, 4.69) is 39.5 Å². The van der Waals surface area contributed by atoms with Gasteiger partial charge in [-0.3, -0.25) is 4.90 Å². The molecule has 1 saturated heterocycles. The van der Waals surface area contributed by atoms with Gasteiger partial charge in [0.25, 0.3) is 0 Å². The maximum absolute atomic E-state index is 5.59. The van der Waals surface area contributed by atoms with Crippen LogP contribution in [0, 0.1) is 5.41 Å². The van der Waals surface area contributed by atoms with Gasteiger partial charge in [-0.15, -0.1) is 0 Å². The summed E-state index contributed by atoms with van der Waals surface area (Å²) in [5, 5.41) is 0. The average Bonchev–Trinajstić information content (AvgIpc) is 2.45. The Morgan fingerprint density at radius 1 is 1.29 bits per heavy atom. The predicted octanol–water partition coefficient (Wildman–Crippen LogP) is 2.53. The largest absolute Gasteiger partial charge is 0.380 e. The van der Waals surface area contributed by atoms with E-state index in [1.165, 1.54) is 13.0 Å². The first-order valence-corrected chi connectivity index (χ1v) is 5.66. The van der Waals surface area contributed by atoms with Crippen LogP contribution in [0.1, 0.15) is 41.0 Å². The van der Waals surface area contributed by atoms with E-state index in [0.29, 0.717) is 23.6 Å². The summed E-state index contributed by atoms with van der Waals surface area (Å²) >= 11 is 0. The van der Waals surface area contributed by atoms with E-state index in [1.54, 1.807) is 0 Å². The fourth-order valence-corrected chi connectivity index (χ4v) is 2.67. The maximum Gasteiger partial charge on any atom is 0.0743 e. The summed E-state index contributed by atoms with van der Waals surface area (Å²) in [4.78, 5) is 2.58. The zero-order valence-electron chi connectivity index (χ0n) is 10.5. The lowest BCUT2D eigenvalue weighted by Gasteiger charge is -2.39. The number of hydrogen-bond donors (Lipinski definition) is 0. The summed E-state index contributed by atoms with van der Waals surface area (Å²) in [7, 11) is 1.84. The molecular weight excluding hydrogens is 174 g/mol. The first-order valence-electron chi connectivity index (χ1n) is 5.66. The Morgan fingerprint density at radius 2 is 1.86 bits per heavy atom. The van der Waals surface area contributed by atoms with E-state index < -0.39 is 0 Å². The molecule has 0 saturated carbocycles. The van der Waals surface area contributed by atoms with E-state index in [1.807, 2.05) is 7.11 Å². The van der Waals surface area contributed by atoms with Gasteiger partial charge in [0.1, 0.15) is 0 Å². The van der Waals surface area contributed by atoms with Gasteiger partial charge in [-0.1, -0.05) is 20.8 Å². The van der Waals surface area contributed by atoms with Crippen LogP contribution in [-0.2, 0) is 4.74 Å². The Kier molecular flexibility index (Phi) is 3.59. The Labute approximate surface area is 88.6 Å². The average molecular weight is 199 g/mol. The number of methoxy groups -OCH3 is 1. The second kappa shape index (κ2) is 4.19. The fraction of sp³-hybridized carbons (Fsp3) is 1.00. The molecule has 2 heteroatoms. The van der Waals surface area contributed by atoms with Crippen molar-refractivity contribution in [1.29, 1.82) is 0 Å². The van der Waals surface area contributed by atoms with E-state index >= 15 is 0 Å². The Bertz CT molecular complexity index is 183. The molecule has 2 atom stereocenters. The highest BCUT2D eigenvalue weighted by Gasteiger charge is 2.42. The third-order valence-electron chi connectivity index (χ3n) is 3.23. The van der Waals surface area contributed by atoms with E-state index in [0.717, 1.165) is 0 Å². The van der Waals surface area contributed by atoms with Crippen molar-refractivity contribution in [3.63, 3.8) is 0 Å². The molecule has 0 aliphatic carbocycles. The van der Waals surface area contributed by atoms with Crippen molar-refractivity contribution < 1.29 is 4.74 Å². The van der Waals surface area contributed by atoms with Crippen molar-refractivity contribution in [2.75, 3.05) is 13.7 Å². The van der Waals surface area contributed by atoms with Gasteiger partial charge < -0.3 is 4.74 Å². The van der Waals surface area contributed by atoms with Crippen LogP contribution in [0.25, 0.3) is 0 Å². The van der Waals surface area contributed by atoms with Crippen LogP contribution in [0.2, 0.25) is 0 Å². The molecule has 1 heterocycles. The predicted molar refractivity (Wildman–Crippen MR) is 60.5 cm³/mol. The molecule has 0 N–H and O–H groups in total. The highest BCUT2D eigenvalue weighted by atomic mass is 16.5. The summed E-state index contributed by atoms with van der Waals surface area (Å²) in [5.74, 6) is 0. The normalized spacial score (nSPS) is 30.2.